The number of nitrogens with one attached hydrogen (secondary N) is 1. The first-order valence-corrected chi connectivity index (χ1v) is 9.68. The molecule has 0 spiro atoms. The van der Waals surface area contributed by atoms with Crippen molar-refractivity contribution in [3.8, 4) is 0 Å². The highest BCUT2D eigenvalue weighted by molar-refractivity contribution is 5.75. The molecule has 3 N–H and O–H groups in total. The SMILES string of the molecule is CCCOCCOCCOCCOC[C@H]1OCC(NC(=O)CC)[C@@H](O)[C@H]1O. The second-order valence-electron chi connectivity index (χ2n) is 6.29. The number of amides is 1. The van der Waals surface area contributed by atoms with Crippen molar-refractivity contribution in [2.75, 3.05) is 59.5 Å². The van der Waals surface area contributed by atoms with Gasteiger partial charge in [0.1, 0.15) is 18.3 Å². The summed E-state index contributed by atoms with van der Waals surface area (Å²) in [6, 6.07) is -0.612. The predicted molar refractivity (Wildman–Crippen MR) is 97.5 cm³/mol. The summed E-state index contributed by atoms with van der Waals surface area (Å²) >= 11 is 0. The molecule has 0 aromatic heterocycles. The van der Waals surface area contributed by atoms with E-state index in [0.717, 1.165) is 13.0 Å². The fourth-order valence-corrected chi connectivity index (χ4v) is 2.47. The van der Waals surface area contributed by atoms with Crippen LogP contribution in [-0.4, -0.2) is 99.9 Å². The van der Waals surface area contributed by atoms with E-state index in [1.54, 1.807) is 6.92 Å². The van der Waals surface area contributed by atoms with E-state index < -0.39 is 24.4 Å². The quantitative estimate of drug-likeness (QED) is 0.318. The average Bonchev–Trinajstić information content (AvgIpc) is 2.67. The molecule has 1 heterocycles. The summed E-state index contributed by atoms with van der Waals surface area (Å²) in [6.45, 7) is 7.66. The van der Waals surface area contributed by atoms with Crippen molar-refractivity contribution in [3.63, 3.8) is 0 Å². The first-order valence-electron chi connectivity index (χ1n) is 9.68. The molecular weight excluding hydrogens is 358 g/mol. The van der Waals surface area contributed by atoms with Crippen molar-refractivity contribution >= 4 is 5.91 Å². The number of ether oxygens (including phenoxy) is 5. The molecule has 4 atom stereocenters. The third-order valence-corrected chi connectivity index (χ3v) is 4.05. The summed E-state index contributed by atoms with van der Waals surface area (Å²) < 4.78 is 27.0. The molecule has 0 aromatic rings. The smallest absolute Gasteiger partial charge is 0.220 e. The molecule has 0 aromatic carbocycles. The van der Waals surface area contributed by atoms with Gasteiger partial charge in [-0.2, -0.15) is 0 Å². The van der Waals surface area contributed by atoms with E-state index in [1.165, 1.54) is 0 Å². The Morgan fingerprint density at radius 3 is 2.04 bits per heavy atom. The molecule has 1 aliphatic heterocycles. The largest absolute Gasteiger partial charge is 0.388 e. The summed E-state index contributed by atoms with van der Waals surface area (Å²) in [6.07, 6.45) is -1.53. The molecule has 9 heteroatoms. The van der Waals surface area contributed by atoms with Crippen LogP contribution in [0, 0.1) is 0 Å². The van der Waals surface area contributed by atoms with Crippen LogP contribution in [0.4, 0.5) is 0 Å². The Kier molecular flexibility index (Phi) is 13.6. The highest BCUT2D eigenvalue weighted by Gasteiger charge is 2.38. The van der Waals surface area contributed by atoms with E-state index in [9.17, 15) is 15.0 Å². The number of aliphatic hydroxyl groups is 2. The van der Waals surface area contributed by atoms with Crippen molar-refractivity contribution < 1.29 is 38.7 Å². The van der Waals surface area contributed by atoms with Crippen LogP contribution in [0.15, 0.2) is 0 Å². The number of carbonyl (C=O) groups is 1. The van der Waals surface area contributed by atoms with Crippen LogP contribution in [-0.2, 0) is 28.5 Å². The zero-order valence-corrected chi connectivity index (χ0v) is 16.4. The Morgan fingerprint density at radius 2 is 1.48 bits per heavy atom. The first-order chi connectivity index (χ1) is 13.1. The van der Waals surface area contributed by atoms with Gasteiger partial charge in [-0.1, -0.05) is 13.8 Å². The van der Waals surface area contributed by atoms with Gasteiger partial charge in [-0.15, -0.1) is 0 Å². The van der Waals surface area contributed by atoms with Crippen molar-refractivity contribution in [2.45, 2.75) is 51.0 Å². The van der Waals surface area contributed by atoms with E-state index in [4.69, 9.17) is 23.7 Å². The van der Waals surface area contributed by atoms with Crippen LogP contribution in [0.1, 0.15) is 26.7 Å². The molecule has 0 bridgehead atoms. The zero-order valence-electron chi connectivity index (χ0n) is 16.4. The Labute approximate surface area is 161 Å². The van der Waals surface area contributed by atoms with E-state index in [0.29, 0.717) is 46.1 Å². The van der Waals surface area contributed by atoms with Gasteiger partial charge >= 0.3 is 0 Å². The van der Waals surface area contributed by atoms with Crippen LogP contribution >= 0.6 is 0 Å². The maximum Gasteiger partial charge on any atom is 0.220 e. The molecule has 0 saturated carbocycles. The fraction of sp³-hybridized carbons (Fsp3) is 0.944. The molecule has 27 heavy (non-hydrogen) atoms. The minimum Gasteiger partial charge on any atom is -0.388 e. The Bertz CT molecular complexity index is 384. The van der Waals surface area contributed by atoms with Gasteiger partial charge in [0.2, 0.25) is 5.91 Å². The second kappa shape index (κ2) is 15.2. The van der Waals surface area contributed by atoms with Crippen molar-refractivity contribution in [1.82, 2.24) is 5.32 Å². The third-order valence-electron chi connectivity index (χ3n) is 4.05. The van der Waals surface area contributed by atoms with Crippen LogP contribution in [0.5, 0.6) is 0 Å². The second-order valence-corrected chi connectivity index (χ2v) is 6.29. The lowest BCUT2D eigenvalue weighted by atomic mass is 9.98. The van der Waals surface area contributed by atoms with Crippen molar-refractivity contribution in [1.29, 1.82) is 0 Å². The summed E-state index contributed by atoms with van der Waals surface area (Å²) in [5, 5.41) is 22.8. The lowest BCUT2D eigenvalue weighted by Gasteiger charge is -2.37. The predicted octanol–water partition coefficient (Wildman–Crippen LogP) is -0.522. The van der Waals surface area contributed by atoms with E-state index >= 15 is 0 Å². The molecule has 1 unspecified atom stereocenters. The Morgan fingerprint density at radius 1 is 0.926 bits per heavy atom. The van der Waals surface area contributed by atoms with Gasteiger partial charge in [-0.3, -0.25) is 4.79 Å². The lowest BCUT2D eigenvalue weighted by molar-refractivity contribution is -0.171. The number of hydrogen-bond donors (Lipinski definition) is 3. The highest BCUT2D eigenvalue weighted by atomic mass is 16.6. The van der Waals surface area contributed by atoms with Gasteiger partial charge in [-0.25, -0.2) is 0 Å². The summed E-state index contributed by atoms with van der Waals surface area (Å²) in [5.41, 5.74) is 0. The van der Waals surface area contributed by atoms with Crippen LogP contribution < -0.4 is 5.32 Å². The molecule has 1 saturated heterocycles. The van der Waals surface area contributed by atoms with Crippen molar-refractivity contribution in [3.05, 3.63) is 0 Å². The molecule has 1 amide bonds. The van der Waals surface area contributed by atoms with Crippen LogP contribution in [0.3, 0.4) is 0 Å². The number of rotatable bonds is 15. The summed E-state index contributed by atoms with van der Waals surface area (Å²) in [7, 11) is 0. The topological polar surface area (TPSA) is 116 Å². The number of hydrogen-bond acceptors (Lipinski definition) is 8. The monoisotopic (exact) mass is 393 g/mol. The summed E-state index contributed by atoms with van der Waals surface area (Å²) in [4.78, 5) is 11.4. The van der Waals surface area contributed by atoms with Gasteiger partial charge in [0, 0.05) is 13.0 Å². The molecule has 0 aliphatic carbocycles. The number of aliphatic hydroxyl groups excluding tert-OH is 2. The Hall–Kier alpha value is -0.810. The third kappa shape index (κ3) is 10.3. The normalized spacial score (nSPS) is 25.5. The molecular formula is C18H35NO8. The molecule has 1 rings (SSSR count). The van der Waals surface area contributed by atoms with E-state index in [2.05, 4.69) is 12.2 Å². The van der Waals surface area contributed by atoms with E-state index in [1.807, 2.05) is 0 Å². The minimum atomic E-state index is -1.12. The minimum absolute atomic E-state index is 0.133. The fourth-order valence-electron chi connectivity index (χ4n) is 2.47. The van der Waals surface area contributed by atoms with Gasteiger partial charge in [0.15, 0.2) is 0 Å². The first kappa shape index (κ1) is 24.2. The number of carbonyl (C=O) groups excluding carboxylic acids is 1. The van der Waals surface area contributed by atoms with Crippen molar-refractivity contribution in [2.24, 2.45) is 0 Å². The molecule has 0 radical (unpaired) electrons. The Balaban J connectivity index is 2.00. The van der Waals surface area contributed by atoms with E-state index in [-0.39, 0.29) is 19.1 Å². The molecule has 9 nitrogen and oxygen atoms in total. The average molecular weight is 393 g/mol. The molecule has 160 valence electrons. The van der Waals surface area contributed by atoms with Gasteiger partial charge in [0.25, 0.3) is 0 Å². The maximum atomic E-state index is 11.4. The highest BCUT2D eigenvalue weighted by Crippen LogP contribution is 2.16. The lowest BCUT2D eigenvalue weighted by Crippen LogP contribution is -2.60. The molecule has 1 fully saturated rings. The molecule has 1 aliphatic rings. The standard InChI is InChI=1S/C18H35NO8/c1-3-5-23-6-7-24-8-9-25-10-11-26-13-15-18(22)17(21)14(12-27-15)19-16(20)4-2/h14-15,17-18,21-22H,3-13H2,1-2H3,(H,19,20)/t14?,15-,17-,18+/m1/s1. The summed E-state index contributed by atoms with van der Waals surface area (Å²) in [5.74, 6) is -0.195. The zero-order chi connectivity index (χ0) is 19.9. The van der Waals surface area contributed by atoms with Gasteiger partial charge < -0.3 is 39.2 Å². The maximum absolute atomic E-state index is 11.4. The van der Waals surface area contributed by atoms with Crippen LogP contribution in [0.2, 0.25) is 0 Å². The van der Waals surface area contributed by atoms with Crippen LogP contribution in [0.25, 0.3) is 0 Å². The van der Waals surface area contributed by atoms with Gasteiger partial charge in [-0.05, 0) is 6.42 Å². The van der Waals surface area contributed by atoms with Gasteiger partial charge in [0.05, 0.1) is 58.9 Å².